The first kappa shape index (κ1) is 17.6. The van der Waals surface area contributed by atoms with E-state index in [1.54, 1.807) is 0 Å². The van der Waals surface area contributed by atoms with Crippen LogP contribution in [-0.4, -0.2) is 43.2 Å². The molecule has 0 amide bonds. The van der Waals surface area contributed by atoms with Gasteiger partial charge in [-0.05, 0) is 18.1 Å². The highest BCUT2D eigenvalue weighted by molar-refractivity contribution is 5.70. The number of piperazine rings is 1. The fourth-order valence-electron chi connectivity index (χ4n) is 3.56. The van der Waals surface area contributed by atoms with E-state index in [1.807, 2.05) is 19.1 Å². The average Bonchev–Trinajstić information content (AvgIpc) is 2.65. The van der Waals surface area contributed by atoms with Crippen LogP contribution in [-0.2, 0) is 9.53 Å². The molecule has 1 aliphatic heterocycles. The van der Waals surface area contributed by atoms with Gasteiger partial charge >= 0.3 is 5.97 Å². The van der Waals surface area contributed by atoms with Gasteiger partial charge in [-0.15, -0.1) is 0 Å². The van der Waals surface area contributed by atoms with Crippen molar-refractivity contribution in [3.05, 3.63) is 71.8 Å². The summed E-state index contributed by atoms with van der Waals surface area (Å²) in [6, 6.07) is 21.3. The van der Waals surface area contributed by atoms with Crippen LogP contribution in [0.2, 0.25) is 0 Å². The molecule has 1 heterocycles. The number of carbonyl (C=O) groups excluding carboxylic acids is 1. The van der Waals surface area contributed by atoms with Gasteiger partial charge in [0.2, 0.25) is 0 Å². The molecule has 4 heteroatoms. The van der Waals surface area contributed by atoms with Crippen LogP contribution in [0.5, 0.6) is 0 Å². The molecular weight excluding hydrogens is 312 g/mol. The smallest absolute Gasteiger partial charge is 0.307 e. The maximum Gasteiger partial charge on any atom is 0.307 e. The second-order valence-electron chi connectivity index (χ2n) is 6.33. The maximum atomic E-state index is 12.1. The third kappa shape index (κ3) is 4.47. The Balaban J connectivity index is 1.91. The second-order valence-corrected chi connectivity index (χ2v) is 6.33. The Kier molecular flexibility index (Phi) is 6.20. The molecule has 25 heavy (non-hydrogen) atoms. The van der Waals surface area contributed by atoms with E-state index >= 15 is 0 Å². The molecule has 2 aromatic carbocycles. The summed E-state index contributed by atoms with van der Waals surface area (Å²) in [5, 5.41) is 3.42. The quantitative estimate of drug-likeness (QED) is 0.822. The molecule has 1 atom stereocenters. The van der Waals surface area contributed by atoms with Gasteiger partial charge in [0.1, 0.15) is 0 Å². The first-order chi connectivity index (χ1) is 12.3. The van der Waals surface area contributed by atoms with Gasteiger partial charge in [0.15, 0.2) is 0 Å². The normalized spacial score (nSPS) is 18.2. The van der Waals surface area contributed by atoms with Crippen molar-refractivity contribution in [2.75, 3.05) is 26.2 Å². The zero-order valence-corrected chi connectivity index (χ0v) is 14.7. The third-order valence-electron chi connectivity index (χ3n) is 4.67. The molecule has 0 unspecified atom stereocenters. The minimum Gasteiger partial charge on any atom is -0.466 e. The number of hydrogen-bond acceptors (Lipinski definition) is 4. The molecule has 3 rings (SSSR count). The highest BCUT2D eigenvalue weighted by Crippen LogP contribution is 2.31. The molecule has 4 nitrogen and oxygen atoms in total. The van der Waals surface area contributed by atoms with Gasteiger partial charge < -0.3 is 10.1 Å². The largest absolute Gasteiger partial charge is 0.466 e. The van der Waals surface area contributed by atoms with Crippen molar-refractivity contribution in [1.29, 1.82) is 0 Å². The van der Waals surface area contributed by atoms with Crippen molar-refractivity contribution in [3.63, 3.8) is 0 Å². The number of esters is 1. The van der Waals surface area contributed by atoms with Crippen molar-refractivity contribution < 1.29 is 9.53 Å². The molecule has 0 spiro atoms. The topological polar surface area (TPSA) is 41.6 Å². The van der Waals surface area contributed by atoms with Crippen LogP contribution in [0.1, 0.15) is 30.5 Å². The van der Waals surface area contributed by atoms with Crippen LogP contribution in [0.3, 0.4) is 0 Å². The van der Waals surface area contributed by atoms with E-state index in [4.69, 9.17) is 4.74 Å². The van der Waals surface area contributed by atoms with Gasteiger partial charge in [0.25, 0.3) is 0 Å². The van der Waals surface area contributed by atoms with E-state index in [0.717, 1.165) is 19.6 Å². The van der Waals surface area contributed by atoms with Gasteiger partial charge in [-0.25, -0.2) is 0 Å². The Hall–Kier alpha value is -2.17. The molecule has 0 saturated carbocycles. The number of hydrogen-bond donors (Lipinski definition) is 1. The lowest BCUT2D eigenvalue weighted by atomic mass is 9.94. The fourth-order valence-corrected chi connectivity index (χ4v) is 3.56. The lowest BCUT2D eigenvalue weighted by Gasteiger charge is -2.41. The van der Waals surface area contributed by atoms with Crippen LogP contribution in [0.15, 0.2) is 60.7 Å². The molecule has 1 fully saturated rings. The van der Waals surface area contributed by atoms with Gasteiger partial charge in [-0.2, -0.15) is 0 Å². The summed E-state index contributed by atoms with van der Waals surface area (Å²) in [5.41, 5.74) is 2.51. The SMILES string of the molecule is CCOC(=O)C[C@@H]1CNCCN1C(c1ccccc1)c1ccccc1. The Morgan fingerprint density at radius 2 is 1.72 bits per heavy atom. The number of benzene rings is 2. The minimum absolute atomic E-state index is 0.123. The monoisotopic (exact) mass is 338 g/mol. The van der Waals surface area contributed by atoms with Gasteiger partial charge in [-0.1, -0.05) is 60.7 Å². The second kappa shape index (κ2) is 8.79. The van der Waals surface area contributed by atoms with E-state index in [9.17, 15) is 4.79 Å². The molecule has 0 bridgehead atoms. The molecule has 0 radical (unpaired) electrons. The summed E-state index contributed by atoms with van der Waals surface area (Å²) < 4.78 is 5.19. The molecule has 0 aliphatic carbocycles. The molecule has 2 aromatic rings. The summed E-state index contributed by atoms with van der Waals surface area (Å²) in [6.07, 6.45) is 0.414. The Morgan fingerprint density at radius 1 is 1.12 bits per heavy atom. The molecule has 132 valence electrons. The lowest BCUT2D eigenvalue weighted by molar-refractivity contribution is -0.144. The van der Waals surface area contributed by atoms with E-state index in [2.05, 4.69) is 58.7 Å². The highest BCUT2D eigenvalue weighted by atomic mass is 16.5. The van der Waals surface area contributed by atoms with Crippen LogP contribution >= 0.6 is 0 Å². The highest BCUT2D eigenvalue weighted by Gasteiger charge is 2.32. The predicted molar refractivity (Wildman–Crippen MR) is 99.3 cm³/mol. The van der Waals surface area contributed by atoms with Gasteiger partial charge in [0.05, 0.1) is 19.1 Å². The molecule has 1 aliphatic rings. The van der Waals surface area contributed by atoms with E-state index in [-0.39, 0.29) is 18.1 Å². The molecular formula is C21H26N2O2. The standard InChI is InChI=1S/C21H26N2O2/c1-2-25-20(24)15-19-16-22-13-14-23(19)21(17-9-5-3-6-10-17)18-11-7-4-8-12-18/h3-12,19,21-22H,2,13-16H2,1H3/t19-/m1/s1. The zero-order valence-electron chi connectivity index (χ0n) is 14.7. The minimum atomic E-state index is -0.124. The molecule has 0 aromatic heterocycles. The Morgan fingerprint density at radius 3 is 2.28 bits per heavy atom. The van der Waals surface area contributed by atoms with Gasteiger partial charge in [-0.3, -0.25) is 9.69 Å². The number of carbonyl (C=O) groups is 1. The first-order valence-corrected chi connectivity index (χ1v) is 9.01. The lowest BCUT2D eigenvalue weighted by Crippen LogP contribution is -2.53. The van der Waals surface area contributed by atoms with Crippen molar-refractivity contribution in [1.82, 2.24) is 10.2 Å². The van der Waals surface area contributed by atoms with Crippen LogP contribution in [0, 0.1) is 0 Å². The summed E-state index contributed by atoms with van der Waals surface area (Å²) in [5.74, 6) is -0.124. The third-order valence-corrected chi connectivity index (χ3v) is 4.67. The molecule has 1 N–H and O–H groups in total. The van der Waals surface area contributed by atoms with E-state index < -0.39 is 0 Å². The van der Waals surface area contributed by atoms with Crippen LogP contribution in [0.25, 0.3) is 0 Å². The number of nitrogens with zero attached hydrogens (tertiary/aromatic N) is 1. The van der Waals surface area contributed by atoms with E-state index in [0.29, 0.717) is 13.0 Å². The summed E-state index contributed by atoms with van der Waals surface area (Å²) in [7, 11) is 0. The maximum absolute atomic E-state index is 12.1. The predicted octanol–water partition coefficient (Wildman–Crippen LogP) is 3.00. The van der Waals surface area contributed by atoms with Crippen molar-refractivity contribution in [2.24, 2.45) is 0 Å². The number of ether oxygens (including phenoxy) is 1. The Labute approximate surface area is 149 Å². The van der Waals surface area contributed by atoms with E-state index in [1.165, 1.54) is 11.1 Å². The molecule has 1 saturated heterocycles. The van der Waals surface area contributed by atoms with Crippen molar-refractivity contribution in [2.45, 2.75) is 25.4 Å². The van der Waals surface area contributed by atoms with Crippen molar-refractivity contribution >= 4 is 5.97 Å². The Bertz CT molecular complexity index is 621. The summed E-state index contributed by atoms with van der Waals surface area (Å²) >= 11 is 0. The fraction of sp³-hybridized carbons (Fsp3) is 0.381. The van der Waals surface area contributed by atoms with Gasteiger partial charge in [0, 0.05) is 25.7 Å². The van der Waals surface area contributed by atoms with Crippen molar-refractivity contribution in [3.8, 4) is 0 Å². The van der Waals surface area contributed by atoms with Crippen LogP contribution < -0.4 is 5.32 Å². The zero-order chi connectivity index (χ0) is 17.5. The summed E-state index contributed by atoms with van der Waals surface area (Å²) in [6.45, 7) is 4.91. The average molecular weight is 338 g/mol. The van der Waals surface area contributed by atoms with Crippen LogP contribution in [0.4, 0.5) is 0 Å². The summed E-state index contributed by atoms with van der Waals surface area (Å²) in [4.78, 5) is 14.5. The first-order valence-electron chi connectivity index (χ1n) is 9.01. The number of nitrogens with one attached hydrogen (secondary N) is 1. The number of rotatable bonds is 6.